The smallest absolute Gasteiger partial charge is 0.306 e. The number of carbonyl (C=O) groups is 2. The quantitative estimate of drug-likeness (QED) is 0.645. The summed E-state index contributed by atoms with van der Waals surface area (Å²) in [7, 11) is 1.32. The van der Waals surface area contributed by atoms with Gasteiger partial charge in [0.15, 0.2) is 0 Å². The van der Waals surface area contributed by atoms with Crippen LogP contribution < -0.4 is 4.90 Å². The molecule has 0 fully saturated rings. The molecule has 1 heterocycles. The van der Waals surface area contributed by atoms with Gasteiger partial charge in [-0.2, -0.15) is 0 Å². The number of para-hydroxylation sites is 1. The van der Waals surface area contributed by atoms with Crippen molar-refractivity contribution in [2.45, 2.75) is 19.4 Å². The van der Waals surface area contributed by atoms with Crippen LogP contribution in [0.15, 0.2) is 48.5 Å². The maximum atomic E-state index is 12.7. The van der Waals surface area contributed by atoms with Gasteiger partial charge in [-0.05, 0) is 23.8 Å². The van der Waals surface area contributed by atoms with Crippen LogP contribution in [0, 0.1) is 11.8 Å². The van der Waals surface area contributed by atoms with Crippen molar-refractivity contribution >= 4 is 17.6 Å². The molecule has 0 unspecified atom stereocenters. The second-order valence-corrected chi connectivity index (χ2v) is 5.48. The summed E-state index contributed by atoms with van der Waals surface area (Å²) in [6.45, 7) is 0.432. The van der Waals surface area contributed by atoms with Crippen molar-refractivity contribution in [3.8, 4) is 11.8 Å². The third-order valence-corrected chi connectivity index (χ3v) is 3.94. The first-order valence-electron chi connectivity index (χ1n) is 7.75. The van der Waals surface area contributed by atoms with E-state index < -0.39 is 0 Å². The molecule has 0 saturated heterocycles. The molecule has 1 aliphatic rings. The number of benzene rings is 2. The van der Waals surface area contributed by atoms with Crippen LogP contribution in [-0.2, 0) is 20.9 Å². The van der Waals surface area contributed by atoms with Gasteiger partial charge in [-0.1, -0.05) is 42.2 Å². The van der Waals surface area contributed by atoms with Gasteiger partial charge < -0.3 is 9.64 Å². The Bertz CT molecular complexity index is 845. The Morgan fingerprint density at radius 1 is 1.00 bits per heavy atom. The molecule has 0 saturated carbocycles. The fraction of sp³-hybridized carbons (Fsp3) is 0.200. The summed E-state index contributed by atoms with van der Waals surface area (Å²) in [6.07, 6.45) is 0.179. The Balaban J connectivity index is 1.98. The highest BCUT2D eigenvalue weighted by atomic mass is 16.5. The van der Waals surface area contributed by atoms with Gasteiger partial charge in [0.1, 0.15) is 0 Å². The van der Waals surface area contributed by atoms with E-state index in [1.165, 1.54) is 7.11 Å². The first-order chi connectivity index (χ1) is 11.7. The monoisotopic (exact) mass is 319 g/mol. The van der Waals surface area contributed by atoms with Crippen molar-refractivity contribution in [1.82, 2.24) is 0 Å². The SMILES string of the molecule is COC(=O)CCC(=O)N1Cc2ccccc2C#Cc2ccccc21. The van der Waals surface area contributed by atoms with Gasteiger partial charge in [-0.25, -0.2) is 0 Å². The van der Waals surface area contributed by atoms with Crippen LogP contribution in [0.4, 0.5) is 5.69 Å². The summed E-state index contributed by atoms with van der Waals surface area (Å²) in [5, 5.41) is 0. The van der Waals surface area contributed by atoms with Crippen LogP contribution >= 0.6 is 0 Å². The molecule has 120 valence electrons. The molecule has 3 rings (SSSR count). The van der Waals surface area contributed by atoms with Crippen LogP contribution in [0.1, 0.15) is 29.5 Å². The Kier molecular flexibility index (Phi) is 4.62. The maximum absolute atomic E-state index is 12.7. The zero-order valence-electron chi connectivity index (χ0n) is 13.4. The van der Waals surface area contributed by atoms with Gasteiger partial charge in [-0.15, -0.1) is 0 Å². The zero-order valence-corrected chi connectivity index (χ0v) is 13.4. The van der Waals surface area contributed by atoms with Crippen LogP contribution in [0.2, 0.25) is 0 Å². The molecular weight excluding hydrogens is 302 g/mol. The number of hydrogen-bond donors (Lipinski definition) is 0. The van der Waals surface area contributed by atoms with E-state index in [0.29, 0.717) is 6.54 Å². The molecule has 0 spiro atoms. The Morgan fingerprint density at radius 3 is 2.46 bits per heavy atom. The van der Waals surface area contributed by atoms with Crippen molar-refractivity contribution in [1.29, 1.82) is 0 Å². The first-order valence-corrected chi connectivity index (χ1v) is 7.75. The third kappa shape index (κ3) is 3.31. The highest BCUT2D eigenvalue weighted by molar-refractivity contribution is 5.96. The number of fused-ring (bicyclic) bond motifs is 2. The van der Waals surface area contributed by atoms with E-state index in [9.17, 15) is 9.59 Å². The molecule has 2 aromatic carbocycles. The standard InChI is InChI=1S/C20H17NO3/c1-24-20(23)13-12-19(22)21-14-17-8-3-2-6-15(17)10-11-16-7-4-5-9-18(16)21/h2-9H,12-14H2,1H3. The fourth-order valence-corrected chi connectivity index (χ4v) is 2.65. The largest absolute Gasteiger partial charge is 0.469 e. The minimum atomic E-state index is -0.385. The number of carbonyl (C=O) groups excluding carboxylic acids is 2. The topological polar surface area (TPSA) is 46.6 Å². The van der Waals surface area contributed by atoms with Crippen molar-refractivity contribution in [2.24, 2.45) is 0 Å². The first kappa shape index (κ1) is 15.8. The van der Waals surface area contributed by atoms with Crippen molar-refractivity contribution in [2.75, 3.05) is 12.0 Å². The molecule has 0 bridgehead atoms. The van der Waals surface area contributed by atoms with Crippen molar-refractivity contribution < 1.29 is 14.3 Å². The molecule has 1 aliphatic heterocycles. The molecule has 24 heavy (non-hydrogen) atoms. The summed E-state index contributed by atoms with van der Waals surface area (Å²) in [4.78, 5) is 25.8. The van der Waals surface area contributed by atoms with Gasteiger partial charge in [0.25, 0.3) is 0 Å². The Labute approximate surface area is 141 Å². The van der Waals surface area contributed by atoms with Gasteiger partial charge in [-0.3, -0.25) is 9.59 Å². The predicted octanol–water partition coefficient (Wildman–Crippen LogP) is 2.89. The number of methoxy groups -OCH3 is 1. The lowest BCUT2D eigenvalue weighted by atomic mass is 10.0. The number of ether oxygens (including phenoxy) is 1. The number of hydrogen-bond acceptors (Lipinski definition) is 3. The zero-order chi connectivity index (χ0) is 16.9. The molecule has 2 aromatic rings. The summed E-state index contributed by atoms with van der Waals surface area (Å²) in [6, 6.07) is 15.4. The second-order valence-electron chi connectivity index (χ2n) is 5.48. The summed E-state index contributed by atoms with van der Waals surface area (Å²) >= 11 is 0. The van der Waals surface area contributed by atoms with Crippen molar-refractivity contribution in [3.05, 3.63) is 65.2 Å². The van der Waals surface area contributed by atoms with E-state index in [0.717, 1.165) is 22.4 Å². The molecule has 0 N–H and O–H groups in total. The Hall–Kier alpha value is -3.06. The fourth-order valence-electron chi connectivity index (χ4n) is 2.65. The van der Waals surface area contributed by atoms with Gasteiger partial charge >= 0.3 is 5.97 Å². The molecule has 0 aromatic heterocycles. The van der Waals surface area contributed by atoms with E-state index in [4.69, 9.17) is 0 Å². The number of anilines is 1. The number of rotatable bonds is 3. The third-order valence-electron chi connectivity index (χ3n) is 3.94. The molecule has 4 heteroatoms. The lowest BCUT2D eigenvalue weighted by molar-refractivity contribution is -0.141. The van der Waals surface area contributed by atoms with Gasteiger partial charge in [0.2, 0.25) is 5.91 Å². The highest BCUT2D eigenvalue weighted by Crippen LogP contribution is 2.26. The Morgan fingerprint density at radius 2 is 1.67 bits per heavy atom. The molecule has 1 amide bonds. The average Bonchev–Trinajstić information content (AvgIpc) is 2.61. The van der Waals surface area contributed by atoms with Crippen LogP contribution in [-0.4, -0.2) is 19.0 Å². The van der Waals surface area contributed by atoms with Crippen LogP contribution in [0.25, 0.3) is 0 Å². The number of nitrogens with zero attached hydrogens (tertiary/aromatic N) is 1. The second kappa shape index (κ2) is 7.01. The maximum Gasteiger partial charge on any atom is 0.306 e. The summed E-state index contributed by atoms with van der Waals surface area (Å²) < 4.78 is 4.63. The van der Waals surface area contributed by atoms with E-state index in [2.05, 4.69) is 16.6 Å². The molecule has 0 radical (unpaired) electrons. The molecule has 0 aliphatic carbocycles. The van der Waals surface area contributed by atoms with E-state index in [1.54, 1.807) is 4.90 Å². The van der Waals surface area contributed by atoms with E-state index in [1.807, 2.05) is 48.5 Å². The minimum Gasteiger partial charge on any atom is -0.469 e. The average molecular weight is 319 g/mol. The van der Waals surface area contributed by atoms with Crippen LogP contribution in [0.3, 0.4) is 0 Å². The minimum absolute atomic E-state index is 0.0708. The van der Waals surface area contributed by atoms with Gasteiger partial charge in [0, 0.05) is 17.5 Å². The summed E-state index contributed by atoms with van der Waals surface area (Å²) in [5.74, 6) is 5.82. The predicted molar refractivity (Wildman–Crippen MR) is 91.3 cm³/mol. The molecule has 4 nitrogen and oxygen atoms in total. The normalized spacial score (nSPS) is 12.0. The lowest BCUT2D eigenvalue weighted by Gasteiger charge is -2.26. The van der Waals surface area contributed by atoms with Gasteiger partial charge in [0.05, 0.1) is 25.8 Å². The number of esters is 1. The van der Waals surface area contributed by atoms with Crippen molar-refractivity contribution in [3.63, 3.8) is 0 Å². The molecule has 0 atom stereocenters. The van der Waals surface area contributed by atoms with Crippen LogP contribution in [0.5, 0.6) is 0 Å². The van der Waals surface area contributed by atoms with E-state index in [-0.39, 0.29) is 24.7 Å². The van der Waals surface area contributed by atoms with E-state index >= 15 is 0 Å². The lowest BCUT2D eigenvalue weighted by Crippen LogP contribution is -2.32. The number of amides is 1. The summed E-state index contributed by atoms with van der Waals surface area (Å²) in [5.41, 5.74) is 3.48. The highest BCUT2D eigenvalue weighted by Gasteiger charge is 2.21. The molecular formula is C20H17NO3.